The summed E-state index contributed by atoms with van der Waals surface area (Å²) in [6, 6.07) is 17.9. The van der Waals surface area contributed by atoms with E-state index in [1.807, 2.05) is 232 Å². The molecule has 0 N–H and O–H groups in total. The van der Waals surface area contributed by atoms with Crippen molar-refractivity contribution in [2.45, 2.75) is 152 Å². The average Bonchev–Trinajstić information content (AvgIpc) is 3.48. The average molecular weight is 1190 g/mol. The number of hydrogen-bond acceptors (Lipinski definition) is 20. The molecule has 20 nitrogen and oxygen atoms in total. The third-order valence-corrected chi connectivity index (χ3v) is 10.3. The highest BCUT2D eigenvalue weighted by Gasteiger charge is 1.90. The number of rotatable bonds is 0. The van der Waals surface area contributed by atoms with Gasteiger partial charge in [0.05, 0.1) is 34.2 Å². The van der Waals surface area contributed by atoms with Crippen molar-refractivity contribution < 1.29 is 0 Å². The molecule has 0 aliphatic rings. The van der Waals surface area contributed by atoms with E-state index in [2.05, 4.69) is 112 Å². The van der Waals surface area contributed by atoms with Gasteiger partial charge in [-0.2, -0.15) is 0 Å². The normalized spacial score (nSPS) is 9.25. The maximum absolute atomic E-state index is 4.17. The molecular formula is C68H90N20. The van der Waals surface area contributed by atoms with Gasteiger partial charge in [-0.15, -0.1) is 0 Å². The van der Waals surface area contributed by atoms with Crippen molar-refractivity contribution in [3.05, 3.63) is 273 Å². The molecule has 0 unspecified atom stereocenters. The zero-order chi connectivity index (χ0) is 65.8. The number of aryl methyl sites for hydroxylation is 22. The molecule has 0 saturated heterocycles. The van der Waals surface area contributed by atoms with Crippen LogP contribution in [0, 0.1) is 152 Å². The van der Waals surface area contributed by atoms with Crippen LogP contribution in [0.25, 0.3) is 0 Å². The maximum atomic E-state index is 4.17. The quantitative estimate of drug-likeness (QED) is 0.137. The summed E-state index contributed by atoms with van der Waals surface area (Å²) in [5.74, 6) is 4.89. The Morgan fingerprint density at radius 2 is 0.477 bits per heavy atom. The van der Waals surface area contributed by atoms with Crippen LogP contribution in [0.4, 0.5) is 0 Å². The molecule has 0 amide bonds. The van der Waals surface area contributed by atoms with Crippen molar-refractivity contribution in [3.8, 4) is 0 Å². The van der Waals surface area contributed by atoms with E-state index in [4.69, 9.17) is 0 Å². The van der Waals surface area contributed by atoms with Crippen LogP contribution in [0.3, 0.4) is 0 Å². The number of nitrogens with zero attached hydrogens (tertiary/aromatic N) is 20. The minimum Gasteiger partial charge on any atom is -0.261 e. The largest absolute Gasteiger partial charge is 0.261 e. The van der Waals surface area contributed by atoms with Gasteiger partial charge in [-0.05, 0) is 211 Å². The van der Waals surface area contributed by atoms with Crippen LogP contribution in [0.2, 0.25) is 0 Å². The number of hydrogen-bond donors (Lipinski definition) is 0. The highest BCUT2D eigenvalue weighted by atomic mass is 15.0. The van der Waals surface area contributed by atoms with Gasteiger partial charge in [0.2, 0.25) is 0 Å². The molecule has 0 saturated carbocycles. The Kier molecular flexibility index (Phi) is 38.4. The molecule has 0 atom stereocenters. The lowest BCUT2D eigenvalue weighted by Gasteiger charge is -1.90. The Labute approximate surface area is 522 Å². The zero-order valence-corrected chi connectivity index (χ0v) is 55.8. The summed E-state index contributed by atoms with van der Waals surface area (Å²) in [6.07, 6.45) is 26.5. The van der Waals surface area contributed by atoms with Crippen LogP contribution in [-0.4, -0.2) is 99.7 Å². The highest BCUT2D eigenvalue weighted by molar-refractivity contribution is 5.12. The smallest absolute Gasteiger partial charge is 0.129 e. The molecule has 462 valence electrons. The van der Waals surface area contributed by atoms with E-state index < -0.39 is 0 Å². The molecule has 0 radical (unpaired) electrons. The van der Waals surface area contributed by atoms with E-state index in [1.54, 1.807) is 49.6 Å². The van der Waals surface area contributed by atoms with Crippen LogP contribution in [-0.2, 0) is 0 Å². The molecule has 0 aromatic carbocycles. The highest BCUT2D eigenvalue weighted by Crippen LogP contribution is 1.98. The molecule has 11 aromatic rings. The fourth-order valence-corrected chi connectivity index (χ4v) is 5.82. The lowest BCUT2D eigenvalue weighted by atomic mass is 10.3. The first kappa shape index (κ1) is 76.0. The summed E-state index contributed by atoms with van der Waals surface area (Å²) in [4.78, 5) is 79.9. The molecule has 11 rings (SSSR count). The summed E-state index contributed by atoms with van der Waals surface area (Å²) in [7, 11) is 0. The first-order valence-electron chi connectivity index (χ1n) is 28.3. The summed E-state index contributed by atoms with van der Waals surface area (Å²) in [5.41, 5.74) is 16.9. The van der Waals surface area contributed by atoms with E-state index in [-0.39, 0.29) is 0 Å². The Hall–Kier alpha value is -9.98. The van der Waals surface area contributed by atoms with Crippen LogP contribution in [0.1, 0.15) is 126 Å². The molecule has 0 fully saturated rings. The molecule has 0 aliphatic heterocycles. The van der Waals surface area contributed by atoms with Gasteiger partial charge in [0.15, 0.2) is 0 Å². The van der Waals surface area contributed by atoms with E-state index in [1.165, 1.54) is 17.5 Å². The van der Waals surface area contributed by atoms with E-state index in [9.17, 15) is 0 Å². The van der Waals surface area contributed by atoms with Gasteiger partial charge in [-0.3, -0.25) is 44.9 Å². The van der Waals surface area contributed by atoms with Crippen LogP contribution in [0.15, 0.2) is 148 Å². The van der Waals surface area contributed by atoms with Crippen molar-refractivity contribution in [2.75, 3.05) is 0 Å². The summed E-state index contributed by atoms with van der Waals surface area (Å²) in [6.45, 7) is 42.6. The first-order valence-corrected chi connectivity index (χ1v) is 28.3. The lowest BCUT2D eigenvalue weighted by Crippen LogP contribution is -1.91. The fraction of sp³-hybridized carbons (Fsp3) is 0.324. The molecule has 0 spiro atoms. The topological polar surface area (TPSA) is 258 Å². The lowest BCUT2D eigenvalue weighted by molar-refractivity contribution is 0.920. The molecule has 11 aromatic heterocycles. The molecule has 11 heterocycles. The van der Waals surface area contributed by atoms with Gasteiger partial charge in [-0.1, -0.05) is 18.2 Å². The minimum absolute atomic E-state index is 0.775. The number of aromatic nitrogens is 20. The summed E-state index contributed by atoms with van der Waals surface area (Å²) >= 11 is 0. The molecule has 88 heavy (non-hydrogen) atoms. The first-order chi connectivity index (χ1) is 41.7. The fourth-order valence-electron chi connectivity index (χ4n) is 5.82. The third kappa shape index (κ3) is 42.8. The molecule has 20 heteroatoms. The van der Waals surface area contributed by atoms with Gasteiger partial charge in [0.25, 0.3) is 0 Å². The molecule has 0 aliphatic carbocycles. The summed E-state index contributed by atoms with van der Waals surface area (Å²) in [5, 5.41) is 0. The van der Waals surface area contributed by atoms with E-state index in [0.717, 1.165) is 114 Å². The van der Waals surface area contributed by atoms with Crippen molar-refractivity contribution in [1.29, 1.82) is 0 Å². The standard InChI is InChI=1S/3C7H9N.7C6H8N2.C5H7N3/c2*1-6-3-4-7(2)8-5-6;1-6-4-3-5-7(2)8-6;2*1-5-3-8-6(2)4-7-5;1-5-3-7-4-6(2)8-5;2*1-5-3-7-6(2)8-4-5;2*1-5-3-4-7-6(2)8-5;1-4-6-3-7-5(2)8-4/h3*3-5H,1-2H3;7*3-4H,1-2H3;3H,1-2H3. The second-order valence-corrected chi connectivity index (χ2v) is 20.0. The number of pyridine rings is 3. The van der Waals surface area contributed by atoms with Crippen molar-refractivity contribution >= 4 is 0 Å². The minimum atomic E-state index is 0.775. The zero-order valence-electron chi connectivity index (χ0n) is 55.8. The Bertz CT molecular complexity index is 2770. The second-order valence-electron chi connectivity index (χ2n) is 20.0. The summed E-state index contributed by atoms with van der Waals surface area (Å²) < 4.78 is 0. The van der Waals surface area contributed by atoms with Crippen molar-refractivity contribution in [1.82, 2.24) is 99.7 Å². The predicted octanol–water partition coefficient (Wildman–Crippen LogP) is 13.2. The van der Waals surface area contributed by atoms with E-state index >= 15 is 0 Å². The third-order valence-electron chi connectivity index (χ3n) is 10.3. The van der Waals surface area contributed by atoms with Gasteiger partial charge < -0.3 is 0 Å². The van der Waals surface area contributed by atoms with Crippen LogP contribution >= 0.6 is 0 Å². The van der Waals surface area contributed by atoms with Gasteiger partial charge in [0, 0.05) is 121 Å². The maximum Gasteiger partial charge on any atom is 0.129 e. The van der Waals surface area contributed by atoms with Crippen LogP contribution in [0.5, 0.6) is 0 Å². The van der Waals surface area contributed by atoms with Crippen molar-refractivity contribution in [2.24, 2.45) is 0 Å². The molecule has 0 bridgehead atoms. The second kappa shape index (κ2) is 44.5. The van der Waals surface area contributed by atoms with Gasteiger partial charge in [0.1, 0.15) is 41.3 Å². The Morgan fingerprint density at radius 3 is 0.670 bits per heavy atom. The predicted molar refractivity (Wildman–Crippen MR) is 351 cm³/mol. The van der Waals surface area contributed by atoms with E-state index in [0.29, 0.717) is 0 Å². The van der Waals surface area contributed by atoms with Gasteiger partial charge in [-0.25, -0.2) is 54.8 Å². The Morgan fingerprint density at radius 1 is 0.182 bits per heavy atom. The Balaban J connectivity index is 0.000000484. The van der Waals surface area contributed by atoms with Gasteiger partial charge >= 0.3 is 0 Å². The SMILES string of the molecule is Cc1ccc(C)nc1.Cc1ccc(C)nc1.Cc1cccc(C)n1.Cc1ccnc(C)n1.Cc1ccnc(C)n1.Cc1cnc(C)cn1.Cc1cnc(C)cn1.Cc1cnc(C)nc1.Cc1cnc(C)nc1.Cc1cncc(C)n1.Cc1ncnc(C)n1. The molecular weight excluding hydrogens is 1100 g/mol. The monoisotopic (exact) mass is 1190 g/mol. The van der Waals surface area contributed by atoms with Crippen LogP contribution < -0.4 is 0 Å². The van der Waals surface area contributed by atoms with Crippen molar-refractivity contribution in [3.63, 3.8) is 0 Å².